The number of aromatic nitrogens is 1. The van der Waals surface area contributed by atoms with E-state index >= 15 is 0 Å². The number of amides is 2. The van der Waals surface area contributed by atoms with E-state index in [1.165, 1.54) is 29.7 Å². The molecule has 2 aromatic heterocycles. The van der Waals surface area contributed by atoms with Crippen LogP contribution in [0.25, 0.3) is 21.8 Å². The highest BCUT2D eigenvalue weighted by Crippen LogP contribution is 2.31. The SMILES string of the molecule is NC(=O)c1cc(-c2csc(-c3ccc(NC(=O)c4ccco4)cc3)n2)ccc1O. The molecule has 0 spiro atoms. The second kappa shape index (κ2) is 7.61. The number of aromatic hydroxyl groups is 1. The maximum Gasteiger partial charge on any atom is 0.291 e. The van der Waals surface area contributed by atoms with Crippen LogP contribution < -0.4 is 11.1 Å². The number of hydrogen-bond acceptors (Lipinski definition) is 6. The molecule has 0 unspecified atom stereocenters. The number of anilines is 1. The van der Waals surface area contributed by atoms with Gasteiger partial charge in [-0.3, -0.25) is 9.59 Å². The van der Waals surface area contributed by atoms with Gasteiger partial charge in [0.25, 0.3) is 11.8 Å². The minimum atomic E-state index is -0.702. The Morgan fingerprint density at radius 2 is 1.83 bits per heavy atom. The number of nitrogens with zero attached hydrogens (tertiary/aromatic N) is 1. The number of furan rings is 1. The number of nitrogens with two attached hydrogens (primary N) is 1. The molecule has 8 heteroatoms. The Balaban J connectivity index is 1.53. The number of carbonyl (C=O) groups is 2. The molecule has 144 valence electrons. The van der Waals surface area contributed by atoms with E-state index in [0.29, 0.717) is 16.9 Å². The van der Waals surface area contributed by atoms with Crippen molar-refractivity contribution in [3.63, 3.8) is 0 Å². The summed E-state index contributed by atoms with van der Waals surface area (Å²) in [7, 11) is 0. The van der Waals surface area contributed by atoms with Crippen LogP contribution in [0.4, 0.5) is 5.69 Å². The van der Waals surface area contributed by atoms with Crippen molar-refractivity contribution in [1.29, 1.82) is 0 Å². The van der Waals surface area contributed by atoms with Crippen molar-refractivity contribution in [3.8, 4) is 27.6 Å². The first-order valence-electron chi connectivity index (χ1n) is 8.55. The van der Waals surface area contributed by atoms with Crippen LogP contribution in [-0.2, 0) is 0 Å². The monoisotopic (exact) mass is 405 g/mol. The van der Waals surface area contributed by atoms with E-state index in [1.54, 1.807) is 30.3 Å². The maximum absolute atomic E-state index is 12.0. The lowest BCUT2D eigenvalue weighted by Gasteiger charge is -2.04. The summed E-state index contributed by atoms with van der Waals surface area (Å²) in [5.41, 5.74) is 8.20. The molecule has 7 nitrogen and oxygen atoms in total. The van der Waals surface area contributed by atoms with Gasteiger partial charge in [-0.05, 0) is 54.6 Å². The first-order valence-corrected chi connectivity index (χ1v) is 9.43. The zero-order valence-electron chi connectivity index (χ0n) is 15.0. The summed E-state index contributed by atoms with van der Waals surface area (Å²) >= 11 is 1.44. The fraction of sp³-hybridized carbons (Fsp3) is 0. The summed E-state index contributed by atoms with van der Waals surface area (Å²) in [4.78, 5) is 28.0. The fourth-order valence-electron chi connectivity index (χ4n) is 2.73. The van der Waals surface area contributed by atoms with Crippen molar-refractivity contribution in [2.24, 2.45) is 5.73 Å². The van der Waals surface area contributed by atoms with E-state index in [4.69, 9.17) is 10.2 Å². The summed E-state index contributed by atoms with van der Waals surface area (Å²) in [6.07, 6.45) is 1.44. The number of phenols is 1. The van der Waals surface area contributed by atoms with Gasteiger partial charge < -0.3 is 20.6 Å². The molecule has 29 heavy (non-hydrogen) atoms. The van der Waals surface area contributed by atoms with Crippen molar-refractivity contribution in [2.45, 2.75) is 0 Å². The molecule has 4 aromatic rings. The van der Waals surface area contributed by atoms with Crippen LogP contribution in [0, 0.1) is 0 Å². The number of hydrogen-bond donors (Lipinski definition) is 3. The average Bonchev–Trinajstić information content (AvgIpc) is 3.41. The van der Waals surface area contributed by atoms with Gasteiger partial charge in [-0.2, -0.15) is 0 Å². The molecule has 0 saturated carbocycles. The summed E-state index contributed by atoms with van der Waals surface area (Å²) in [6, 6.07) is 15.1. The molecule has 0 aliphatic carbocycles. The van der Waals surface area contributed by atoms with Crippen molar-refractivity contribution in [1.82, 2.24) is 4.98 Å². The van der Waals surface area contributed by atoms with E-state index in [-0.39, 0.29) is 23.0 Å². The van der Waals surface area contributed by atoms with Crippen LogP contribution in [0.5, 0.6) is 5.75 Å². The summed E-state index contributed by atoms with van der Waals surface area (Å²) in [5, 5.41) is 15.1. The lowest BCUT2D eigenvalue weighted by molar-refractivity contribution is 0.0989. The molecule has 2 amide bonds. The van der Waals surface area contributed by atoms with E-state index in [1.807, 2.05) is 17.5 Å². The lowest BCUT2D eigenvalue weighted by Crippen LogP contribution is -2.11. The Hall–Kier alpha value is -3.91. The Bertz CT molecular complexity index is 1180. The number of thiazole rings is 1. The molecule has 0 bridgehead atoms. The molecule has 0 atom stereocenters. The molecular weight excluding hydrogens is 390 g/mol. The summed E-state index contributed by atoms with van der Waals surface area (Å²) in [6.45, 7) is 0. The summed E-state index contributed by atoms with van der Waals surface area (Å²) < 4.78 is 5.07. The number of primary amides is 1. The lowest BCUT2D eigenvalue weighted by atomic mass is 10.1. The molecular formula is C21H15N3O4S. The smallest absolute Gasteiger partial charge is 0.291 e. The van der Waals surface area contributed by atoms with E-state index in [2.05, 4.69) is 10.3 Å². The largest absolute Gasteiger partial charge is 0.507 e. The molecule has 0 fully saturated rings. The molecule has 2 heterocycles. The second-order valence-electron chi connectivity index (χ2n) is 6.14. The van der Waals surface area contributed by atoms with Gasteiger partial charge in [0.1, 0.15) is 10.8 Å². The van der Waals surface area contributed by atoms with Crippen LogP contribution in [0.15, 0.2) is 70.7 Å². The van der Waals surface area contributed by atoms with Crippen LogP contribution in [-0.4, -0.2) is 21.9 Å². The number of carbonyl (C=O) groups excluding carboxylic acids is 2. The maximum atomic E-state index is 12.0. The minimum Gasteiger partial charge on any atom is -0.507 e. The third-order valence-corrected chi connectivity index (χ3v) is 5.09. The molecule has 4 rings (SSSR count). The molecule has 0 aliphatic rings. The Morgan fingerprint density at radius 3 is 2.52 bits per heavy atom. The topological polar surface area (TPSA) is 118 Å². The number of rotatable bonds is 5. The van der Waals surface area contributed by atoms with Crippen LogP contribution in [0.1, 0.15) is 20.9 Å². The fourth-order valence-corrected chi connectivity index (χ4v) is 3.56. The molecule has 0 saturated heterocycles. The van der Waals surface area contributed by atoms with Crippen molar-refractivity contribution in [2.75, 3.05) is 5.32 Å². The van der Waals surface area contributed by atoms with Crippen LogP contribution in [0.3, 0.4) is 0 Å². The second-order valence-corrected chi connectivity index (χ2v) is 7.00. The Kier molecular flexibility index (Phi) is 4.84. The molecule has 0 aliphatic heterocycles. The molecule has 2 aromatic carbocycles. The van der Waals surface area contributed by atoms with Gasteiger partial charge in [-0.1, -0.05) is 0 Å². The van der Waals surface area contributed by atoms with E-state index in [9.17, 15) is 14.7 Å². The third-order valence-electron chi connectivity index (χ3n) is 4.20. The van der Waals surface area contributed by atoms with E-state index < -0.39 is 5.91 Å². The predicted molar refractivity (Wildman–Crippen MR) is 110 cm³/mol. The standard InChI is InChI=1S/C21H15N3O4S/c22-19(26)15-10-13(5-8-17(15)25)16-11-29-21(24-16)12-3-6-14(7-4-12)23-20(27)18-2-1-9-28-18/h1-11,25H,(H2,22,26)(H,23,27). The third kappa shape index (κ3) is 3.87. The van der Waals surface area contributed by atoms with Gasteiger partial charge in [0.2, 0.25) is 0 Å². The van der Waals surface area contributed by atoms with Crippen molar-refractivity contribution >= 4 is 28.8 Å². The average molecular weight is 405 g/mol. The zero-order chi connectivity index (χ0) is 20.4. The van der Waals surface area contributed by atoms with Crippen LogP contribution in [0.2, 0.25) is 0 Å². The van der Waals surface area contributed by atoms with Gasteiger partial charge in [0.05, 0.1) is 17.5 Å². The van der Waals surface area contributed by atoms with Gasteiger partial charge in [0, 0.05) is 22.2 Å². The van der Waals surface area contributed by atoms with E-state index in [0.717, 1.165) is 10.6 Å². The highest BCUT2D eigenvalue weighted by molar-refractivity contribution is 7.13. The normalized spacial score (nSPS) is 10.6. The highest BCUT2D eigenvalue weighted by Gasteiger charge is 2.13. The van der Waals surface area contributed by atoms with Gasteiger partial charge in [0.15, 0.2) is 5.76 Å². The Labute approximate surface area is 169 Å². The molecule has 4 N–H and O–H groups in total. The number of benzene rings is 2. The van der Waals surface area contributed by atoms with Gasteiger partial charge in [-0.25, -0.2) is 4.98 Å². The Morgan fingerprint density at radius 1 is 1.07 bits per heavy atom. The number of nitrogens with one attached hydrogen (secondary N) is 1. The summed E-state index contributed by atoms with van der Waals surface area (Å²) in [5.74, 6) is -0.949. The van der Waals surface area contributed by atoms with Crippen molar-refractivity contribution < 1.29 is 19.1 Å². The van der Waals surface area contributed by atoms with Gasteiger partial charge >= 0.3 is 0 Å². The quantitative estimate of drug-likeness (QED) is 0.461. The van der Waals surface area contributed by atoms with Gasteiger partial charge in [-0.15, -0.1) is 11.3 Å². The predicted octanol–water partition coefficient (Wildman–Crippen LogP) is 4.13. The zero-order valence-corrected chi connectivity index (χ0v) is 15.8. The first-order chi connectivity index (χ1) is 14.0. The molecule has 0 radical (unpaired) electrons. The van der Waals surface area contributed by atoms with Crippen LogP contribution >= 0.6 is 11.3 Å². The highest BCUT2D eigenvalue weighted by atomic mass is 32.1. The first kappa shape index (κ1) is 18.5. The van der Waals surface area contributed by atoms with Crippen molar-refractivity contribution in [3.05, 3.63) is 77.6 Å². The minimum absolute atomic E-state index is 0.0497.